The summed E-state index contributed by atoms with van der Waals surface area (Å²) in [6.07, 6.45) is 0.818. The monoisotopic (exact) mass is 337 g/mol. The third-order valence-corrected chi connectivity index (χ3v) is 4.39. The van der Waals surface area contributed by atoms with Gasteiger partial charge in [-0.15, -0.1) is 0 Å². The molecule has 1 aromatic rings. The average molecular weight is 339 g/mol. The normalized spacial score (nSPS) is 12.6. The van der Waals surface area contributed by atoms with Crippen LogP contribution in [0.3, 0.4) is 0 Å². The van der Waals surface area contributed by atoms with Crippen molar-refractivity contribution in [3.8, 4) is 11.5 Å². The molecule has 3 N–H and O–H groups in total. The van der Waals surface area contributed by atoms with Crippen LogP contribution in [0.4, 0.5) is 0 Å². The summed E-state index contributed by atoms with van der Waals surface area (Å²) in [5, 5.41) is 9.71. The average Bonchev–Trinajstić information content (AvgIpc) is 2.25. The van der Waals surface area contributed by atoms with Gasteiger partial charge in [0.25, 0.3) is 0 Å². The number of rotatable bonds is 3. The highest BCUT2D eigenvalue weighted by Gasteiger charge is 2.17. The number of halogens is 2. The van der Waals surface area contributed by atoms with Gasteiger partial charge < -0.3 is 15.6 Å². The van der Waals surface area contributed by atoms with Crippen molar-refractivity contribution < 1.29 is 9.84 Å². The number of benzene rings is 1. The number of methoxy groups -OCH3 is 1. The smallest absolute Gasteiger partial charge is 0.173 e. The molecule has 0 amide bonds. The van der Waals surface area contributed by atoms with Gasteiger partial charge in [-0.3, -0.25) is 0 Å². The van der Waals surface area contributed by atoms with Gasteiger partial charge in [-0.25, -0.2) is 0 Å². The Hall–Kier alpha value is -0.260. The number of phenolic OH excluding ortho intramolecular Hbond substituents is 1. The highest BCUT2D eigenvalue weighted by Crippen LogP contribution is 2.43. The van der Waals surface area contributed by atoms with Crippen LogP contribution < -0.4 is 10.5 Å². The van der Waals surface area contributed by atoms with E-state index in [4.69, 9.17) is 10.5 Å². The maximum Gasteiger partial charge on any atom is 0.173 e. The molecule has 0 unspecified atom stereocenters. The first-order valence-electron chi connectivity index (χ1n) is 4.53. The Morgan fingerprint density at radius 2 is 2.07 bits per heavy atom. The van der Waals surface area contributed by atoms with Gasteiger partial charge in [-0.1, -0.05) is 6.92 Å². The van der Waals surface area contributed by atoms with E-state index in [0.717, 1.165) is 16.5 Å². The van der Waals surface area contributed by atoms with Gasteiger partial charge in [0.1, 0.15) is 0 Å². The minimum absolute atomic E-state index is 0.0785. The number of phenols is 1. The molecule has 5 heteroatoms. The Morgan fingerprint density at radius 1 is 1.47 bits per heavy atom. The summed E-state index contributed by atoms with van der Waals surface area (Å²) in [4.78, 5) is 0. The highest BCUT2D eigenvalue weighted by molar-refractivity contribution is 9.13. The lowest BCUT2D eigenvalue weighted by Crippen LogP contribution is -2.09. The highest BCUT2D eigenvalue weighted by atomic mass is 79.9. The number of hydrogen-bond acceptors (Lipinski definition) is 3. The van der Waals surface area contributed by atoms with Gasteiger partial charge in [0.2, 0.25) is 0 Å². The van der Waals surface area contributed by atoms with Crippen LogP contribution in [0.1, 0.15) is 24.9 Å². The SMILES string of the molecule is CC[C@@H](N)c1cc(OC)c(O)c(Br)c1Br. The quantitative estimate of drug-likeness (QED) is 0.888. The Balaban J connectivity index is 3.35. The van der Waals surface area contributed by atoms with Crippen molar-refractivity contribution in [1.29, 1.82) is 0 Å². The zero-order valence-electron chi connectivity index (χ0n) is 8.55. The molecule has 0 bridgehead atoms. The molecule has 0 aliphatic heterocycles. The number of nitrogens with two attached hydrogens (primary N) is 1. The van der Waals surface area contributed by atoms with Crippen LogP contribution in [0.15, 0.2) is 15.0 Å². The minimum Gasteiger partial charge on any atom is -0.503 e. The first kappa shape index (κ1) is 12.8. The maximum atomic E-state index is 9.71. The Morgan fingerprint density at radius 3 is 2.53 bits per heavy atom. The van der Waals surface area contributed by atoms with E-state index in [0.29, 0.717) is 10.2 Å². The second kappa shape index (κ2) is 5.18. The summed E-state index contributed by atoms with van der Waals surface area (Å²) in [5.74, 6) is 0.500. The van der Waals surface area contributed by atoms with Gasteiger partial charge in [0.15, 0.2) is 11.5 Å². The van der Waals surface area contributed by atoms with Crippen molar-refractivity contribution in [3.63, 3.8) is 0 Å². The fraction of sp³-hybridized carbons (Fsp3) is 0.400. The fourth-order valence-corrected chi connectivity index (χ4v) is 2.28. The van der Waals surface area contributed by atoms with Gasteiger partial charge in [0, 0.05) is 10.5 Å². The molecule has 1 rings (SSSR count). The molecule has 0 aliphatic carbocycles. The molecular weight excluding hydrogens is 326 g/mol. The van der Waals surface area contributed by atoms with E-state index in [1.165, 1.54) is 7.11 Å². The van der Waals surface area contributed by atoms with Crippen LogP contribution in [0.2, 0.25) is 0 Å². The largest absolute Gasteiger partial charge is 0.503 e. The van der Waals surface area contributed by atoms with E-state index in [9.17, 15) is 5.11 Å². The fourth-order valence-electron chi connectivity index (χ4n) is 1.26. The minimum atomic E-state index is -0.0785. The van der Waals surface area contributed by atoms with E-state index < -0.39 is 0 Å². The second-order valence-electron chi connectivity index (χ2n) is 3.16. The van der Waals surface area contributed by atoms with E-state index in [-0.39, 0.29) is 11.8 Å². The van der Waals surface area contributed by atoms with Crippen LogP contribution >= 0.6 is 31.9 Å². The molecule has 0 aromatic heterocycles. The summed E-state index contributed by atoms with van der Waals surface area (Å²) in [5.41, 5.74) is 6.87. The summed E-state index contributed by atoms with van der Waals surface area (Å²) < 4.78 is 6.40. The summed E-state index contributed by atoms with van der Waals surface area (Å²) in [6.45, 7) is 2.00. The van der Waals surface area contributed by atoms with Crippen molar-refractivity contribution >= 4 is 31.9 Å². The van der Waals surface area contributed by atoms with Gasteiger partial charge in [-0.05, 0) is 49.9 Å². The predicted molar refractivity (Wildman–Crippen MR) is 67.3 cm³/mol. The van der Waals surface area contributed by atoms with E-state index in [2.05, 4.69) is 31.9 Å². The summed E-state index contributed by atoms with van der Waals surface area (Å²) >= 11 is 6.68. The standard InChI is InChI=1S/C10H13Br2NO2/c1-3-6(13)5-4-7(15-2)10(14)9(12)8(5)11/h4,6,14H,3,13H2,1-2H3/t6-/m1/s1. The molecule has 0 heterocycles. The lowest BCUT2D eigenvalue weighted by Gasteiger charge is -2.16. The molecule has 0 spiro atoms. The van der Waals surface area contributed by atoms with Crippen LogP contribution in [-0.4, -0.2) is 12.2 Å². The zero-order valence-corrected chi connectivity index (χ0v) is 11.7. The first-order valence-corrected chi connectivity index (χ1v) is 6.11. The Kier molecular flexibility index (Phi) is 4.43. The topological polar surface area (TPSA) is 55.5 Å². The van der Waals surface area contributed by atoms with Crippen LogP contribution in [0.5, 0.6) is 11.5 Å². The van der Waals surface area contributed by atoms with Gasteiger partial charge in [-0.2, -0.15) is 0 Å². The number of ether oxygens (including phenoxy) is 1. The molecule has 15 heavy (non-hydrogen) atoms. The second-order valence-corrected chi connectivity index (χ2v) is 4.75. The molecule has 84 valence electrons. The van der Waals surface area contributed by atoms with E-state index in [1.807, 2.05) is 6.92 Å². The summed E-state index contributed by atoms with van der Waals surface area (Å²) in [6, 6.07) is 1.67. The predicted octanol–water partition coefficient (Wildman–Crippen LogP) is 3.34. The zero-order chi connectivity index (χ0) is 11.6. The summed E-state index contributed by atoms with van der Waals surface area (Å²) in [7, 11) is 1.51. The Labute approximate surface area is 106 Å². The lowest BCUT2D eigenvalue weighted by atomic mass is 10.1. The maximum absolute atomic E-state index is 9.71. The third kappa shape index (κ3) is 2.46. The first-order chi connectivity index (χ1) is 7.02. The van der Waals surface area contributed by atoms with Gasteiger partial charge >= 0.3 is 0 Å². The molecule has 0 saturated carbocycles. The van der Waals surface area contributed by atoms with Crippen molar-refractivity contribution in [3.05, 3.63) is 20.6 Å². The molecule has 3 nitrogen and oxygen atoms in total. The Bertz CT molecular complexity index is 369. The van der Waals surface area contributed by atoms with E-state index >= 15 is 0 Å². The van der Waals surface area contributed by atoms with Gasteiger partial charge in [0.05, 0.1) is 11.6 Å². The lowest BCUT2D eigenvalue weighted by molar-refractivity contribution is 0.370. The molecule has 1 aromatic carbocycles. The van der Waals surface area contributed by atoms with Crippen molar-refractivity contribution in [2.75, 3.05) is 7.11 Å². The molecule has 0 saturated heterocycles. The van der Waals surface area contributed by atoms with Crippen LogP contribution in [-0.2, 0) is 0 Å². The molecule has 0 fully saturated rings. The van der Waals surface area contributed by atoms with Crippen LogP contribution in [0, 0.1) is 0 Å². The third-order valence-electron chi connectivity index (χ3n) is 2.23. The van der Waals surface area contributed by atoms with Crippen molar-refractivity contribution in [2.24, 2.45) is 5.73 Å². The number of aromatic hydroxyl groups is 1. The van der Waals surface area contributed by atoms with Crippen LogP contribution in [0.25, 0.3) is 0 Å². The van der Waals surface area contributed by atoms with Crippen molar-refractivity contribution in [1.82, 2.24) is 0 Å². The molecule has 0 radical (unpaired) electrons. The van der Waals surface area contributed by atoms with Crippen molar-refractivity contribution in [2.45, 2.75) is 19.4 Å². The molecule has 1 atom stereocenters. The van der Waals surface area contributed by atoms with E-state index in [1.54, 1.807) is 6.07 Å². The molecular formula is C10H13Br2NO2. The molecule has 0 aliphatic rings. The number of hydrogen-bond donors (Lipinski definition) is 2.